The second-order valence-electron chi connectivity index (χ2n) is 8.33. The molecule has 1 N–H and O–H groups in total. The van der Waals surface area contributed by atoms with Crippen molar-refractivity contribution in [3.05, 3.63) is 59.3 Å². The Balaban J connectivity index is 0.00000261. The molecule has 0 unspecified atom stereocenters. The van der Waals surface area contributed by atoms with Gasteiger partial charge in [-0.3, -0.25) is 0 Å². The molecule has 1 aliphatic rings. The molecule has 2 heterocycles. The number of benzene rings is 1. The summed E-state index contributed by atoms with van der Waals surface area (Å²) in [5, 5.41) is 3.59. The van der Waals surface area contributed by atoms with E-state index in [-0.39, 0.29) is 17.8 Å². The second-order valence-corrected chi connectivity index (χ2v) is 8.33. The molecule has 0 radical (unpaired) electrons. The highest BCUT2D eigenvalue weighted by atomic mass is 35.5. The van der Waals surface area contributed by atoms with Crippen molar-refractivity contribution in [1.29, 1.82) is 0 Å². The summed E-state index contributed by atoms with van der Waals surface area (Å²) in [6.07, 6.45) is 1.91. The van der Waals surface area contributed by atoms with Gasteiger partial charge in [0, 0.05) is 51.0 Å². The predicted octanol–water partition coefficient (Wildman–Crippen LogP) is 3.84. The minimum Gasteiger partial charge on any atom is -0.354 e. The molecule has 0 spiro atoms. The number of anilines is 1. The number of halogens is 1. The zero-order valence-electron chi connectivity index (χ0n) is 17.0. The summed E-state index contributed by atoms with van der Waals surface area (Å²) >= 11 is 0. The molecule has 2 aromatic rings. The molecule has 3 rings (SSSR count). The van der Waals surface area contributed by atoms with E-state index in [4.69, 9.17) is 0 Å². The van der Waals surface area contributed by atoms with Crippen LogP contribution in [0, 0.1) is 0 Å². The second kappa shape index (κ2) is 9.54. The van der Waals surface area contributed by atoms with E-state index >= 15 is 0 Å². The number of nitrogens with one attached hydrogen (secondary N) is 1. The number of hydrogen-bond donors (Lipinski definition) is 1. The Morgan fingerprint density at radius 2 is 1.63 bits per heavy atom. The maximum Gasteiger partial charge on any atom is 0.133 e. The van der Waals surface area contributed by atoms with Gasteiger partial charge in [0.15, 0.2) is 0 Å². The first kappa shape index (κ1) is 21.7. The fourth-order valence-corrected chi connectivity index (χ4v) is 3.34. The number of aromatic nitrogens is 1. The zero-order valence-corrected chi connectivity index (χ0v) is 17.9. The average molecular weight is 389 g/mol. The number of likely N-dealkylation sites (N-methyl/N-ethyl adjacent to an activating group) is 1. The third kappa shape index (κ3) is 5.93. The maximum absolute atomic E-state index is 4.66. The summed E-state index contributed by atoms with van der Waals surface area (Å²) in [5.41, 5.74) is 4.19. The molecule has 0 atom stereocenters. The lowest BCUT2D eigenvalue weighted by Crippen LogP contribution is -2.45. The Morgan fingerprint density at radius 3 is 2.26 bits per heavy atom. The number of hydrogen-bond acceptors (Lipinski definition) is 4. The molecule has 5 heteroatoms. The van der Waals surface area contributed by atoms with Gasteiger partial charge in [-0.15, -0.1) is 12.4 Å². The van der Waals surface area contributed by atoms with Crippen molar-refractivity contribution >= 4 is 18.2 Å². The van der Waals surface area contributed by atoms with Crippen LogP contribution >= 0.6 is 12.4 Å². The molecule has 0 aliphatic carbocycles. The monoisotopic (exact) mass is 388 g/mol. The maximum atomic E-state index is 4.66. The van der Waals surface area contributed by atoms with Gasteiger partial charge < -0.3 is 15.1 Å². The van der Waals surface area contributed by atoms with E-state index in [2.05, 4.69) is 78.3 Å². The lowest BCUT2D eigenvalue weighted by atomic mass is 9.87. The van der Waals surface area contributed by atoms with Gasteiger partial charge in [-0.2, -0.15) is 0 Å². The van der Waals surface area contributed by atoms with Crippen LogP contribution in [0.1, 0.15) is 37.5 Å². The molecular formula is C22H33ClN4. The molecule has 148 valence electrons. The lowest BCUT2D eigenvalue weighted by Gasteiger charge is -2.34. The molecule has 1 fully saturated rings. The van der Waals surface area contributed by atoms with Crippen molar-refractivity contribution in [2.24, 2.45) is 0 Å². The molecule has 0 bridgehead atoms. The highest BCUT2D eigenvalue weighted by Gasteiger charge is 2.17. The number of nitrogens with zero attached hydrogens (tertiary/aromatic N) is 3. The quantitative estimate of drug-likeness (QED) is 0.843. The predicted molar refractivity (Wildman–Crippen MR) is 117 cm³/mol. The van der Waals surface area contributed by atoms with Crippen LogP contribution in [0.2, 0.25) is 0 Å². The Kier molecular flexibility index (Phi) is 7.66. The van der Waals surface area contributed by atoms with Crippen LogP contribution in [0.3, 0.4) is 0 Å². The lowest BCUT2D eigenvalue weighted by molar-refractivity contribution is 0.311. The highest BCUT2D eigenvalue weighted by Crippen LogP contribution is 2.22. The summed E-state index contributed by atoms with van der Waals surface area (Å²) in [5.74, 6) is 1.14. The highest BCUT2D eigenvalue weighted by molar-refractivity contribution is 5.85. The van der Waals surface area contributed by atoms with Crippen LogP contribution in [-0.2, 0) is 18.5 Å². The summed E-state index contributed by atoms with van der Waals surface area (Å²) in [6.45, 7) is 12.8. The van der Waals surface area contributed by atoms with Crippen LogP contribution in [0.5, 0.6) is 0 Å². The molecule has 1 aromatic heterocycles. The molecule has 1 saturated heterocycles. The van der Waals surface area contributed by atoms with E-state index in [0.717, 1.165) is 45.1 Å². The fourth-order valence-electron chi connectivity index (χ4n) is 3.34. The first-order chi connectivity index (χ1) is 12.4. The molecule has 4 nitrogen and oxygen atoms in total. The summed E-state index contributed by atoms with van der Waals surface area (Å²) in [6, 6.07) is 13.2. The molecule has 1 aromatic carbocycles. The number of rotatable bonds is 5. The Labute approximate surface area is 170 Å². The molecule has 0 amide bonds. The largest absolute Gasteiger partial charge is 0.354 e. The van der Waals surface area contributed by atoms with Crippen LogP contribution in [0.25, 0.3) is 0 Å². The number of pyridine rings is 1. The summed E-state index contributed by atoms with van der Waals surface area (Å²) < 4.78 is 0. The summed E-state index contributed by atoms with van der Waals surface area (Å²) in [4.78, 5) is 9.44. The van der Waals surface area contributed by atoms with Crippen molar-refractivity contribution in [3.63, 3.8) is 0 Å². The number of piperazine rings is 1. The van der Waals surface area contributed by atoms with E-state index in [1.165, 1.54) is 16.7 Å². The average Bonchev–Trinajstić information content (AvgIpc) is 2.63. The van der Waals surface area contributed by atoms with E-state index < -0.39 is 0 Å². The van der Waals surface area contributed by atoms with Gasteiger partial charge in [0.05, 0.1) is 0 Å². The van der Waals surface area contributed by atoms with Crippen molar-refractivity contribution in [1.82, 2.24) is 15.2 Å². The van der Waals surface area contributed by atoms with Crippen molar-refractivity contribution in [2.75, 3.05) is 38.1 Å². The molecular weight excluding hydrogens is 356 g/mol. The summed E-state index contributed by atoms with van der Waals surface area (Å²) in [7, 11) is 2.18. The van der Waals surface area contributed by atoms with Gasteiger partial charge in [-0.05, 0) is 29.7 Å². The van der Waals surface area contributed by atoms with Gasteiger partial charge in [-0.1, -0.05) is 51.1 Å². The van der Waals surface area contributed by atoms with Gasteiger partial charge >= 0.3 is 0 Å². The molecule has 0 saturated carbocycles. The van der Waals surface area contributed by atoms with Crippen molar-refractivity contribution < 1.29 is 0 Å². The Morgan fingerprint density at radius 1 is 0.963 bits per heavy atom. The van der Waals surface area contributed by atoms with Gasteiger partial charge in [0.1, 0.15) is 5.82 Å². The topological polar surface area (TPSA) is 31.4 Å². The molecule has 1 aliphatic heterocycles. The third-order valence-electron chi connectivity index (χ3n) is 5.13. The Bertz CT molecular complexity index is 701. The van der Waals surface area contributed by atoms with Crippen LogP contribution in [-0.4, -0.2) is 43.1 Å². The minimum absolute atomic E-state index is 0. The normalized spacial score (nSPS) is 15.5. The standard InChI is InChI=1S/C22H32N4.ClH/c1-22(2,3)20-9-7-18(8-10-20)16-23-17-19-6-5-11-24-21(19)26-14-12-25(4)13-15-26;/h5-11,23H,12-17H2,1-4H3;1H. The van der Waals surface area contributed by atoms with Gasteiger partial charge in [0.25, 0.3) is 0 Å². The first-order valence-corrected chi connectivity index (χ1v) is 9.61. The smallest absolute Gasteiger partial charge is 0.133 e. The van der Waals surface area contributed by atoms with E-state index in [0.29, 0.717) is 0 Å². The zero-order chi connectivity index (χ0) is 18.6. The van der Waals surface area contributed by atoms with E-state index in [1.807, 2.05) is 12.3 Å². The first-order valence-electron chi connectivity index (χ1n) is 9.61. The van der Waals surface area contributed by atoms with Gasteiger partial charge in [0.2, 0.25) is 0 Å². The third-order valence-corrected chi connectivity index (χ3v) is 5.13. The Hall–Kier alpha value is -1.62. The minimum atomic E-state index is 0. The van der Waals surface area contributed by atoms with E-state index in [9.17, 15) is 0 Å². The molecule has 27 heavy (non-hydrogen) atoms. The van der Waals surface area contributed by atoms with Gasteiger partial charge in [-0.25, -0.2) is 4.98 Å². The van der Waals surface area contributed by atoms with Crippen molar-refractivity contribution in [2.45, 2.75) is 39.3 Å². The SMILES string of the molecule is CN1CCN(c2ncccc2CNCc2ccc(C(C)(C)C)cc2)CC1.Cl. The van der Waals surface area contributed by atoms with E-state index in [1.54, 1.807) is 0 Å². The van der Waals surface area contributed by atoms with Crippen molar-refractivity contribution in [3.8, 4) is 0 Å². The van der Waals surface area contributed by atoms with Crippen LogP contribution in [0.4, 0.5) is 5.82 Å². The van der Waals surface area contributed by atoms with Crippen LogP contribution < -0.4 is 10.2 Å². The van der Waals surface area contributed by atoms with Crippen LogP contribution in [0.15, 0.2) is 42.6 Å². The fraction of sp³-hybridized carbons (Fsp3) is 0.500.